The van der Waals surface area contributed by atoms with E-state index >= 15 is 0 Å². The average Bonchev–Trinajstić information content (AvgIpc) is 2.57. The molecule has 1 saturated carbocycles. The van der Waals surface area contributed by atoms with Crippen molar-refractivity contribution < 1.29 is 0 Å². The highest BCUT2D eigenvalue weighted by molar-refractivity contribution is 5.37. The summed E-state index contributed by atoms with van der Waals surface area (Å²) in [7, 11) is 0. The lowest BCUT2D eigenvalue weighted by Gasteiger charge is -2.19. The van der Waals surface area contributed by atoms with Crippen molar-refractivity contribution in [2.45, 2.75) is 65.8 Å². The van der Waals surface area contributed by atoms with Crippen LogP contribution in [0.2, 0.25) is 0 Å². The van der Waals surface area contributed by atoms with E-state index in [1.54, 1.807) is 0 Å². The van der Waals surface area contributed by atoms with E-state index in [2.05, 4.69) is 49.0 Å². The molecule has 0 aliphatic heterocycles. The van der Waals surface area contributed by atoms with Gasteiger partial charge in [0.2, 0.25) is 0 Å². The lowest BCUT2D eigenvalue weighted by Crippen LogP contribution is -2.19. The van der Waals surface area contributed by atoms with Crippen LogP contribution in [-0.2, 0) is 0 Å². The van der Waals surface area contributed by atoms with E-state index in [0.717, 1.165) is 17.3 Å². The maximum absolute atomic E-state index is 4.62. The number of nitrogens with one attached hydrogen (secondary N) is 1. The summed E-state index contributed by atoms with van der Waals surface area (Å²) in [6.45, 7) is 11.0. The number of rotatable bonds is 3. The van der Waals surface area contributed by atoms with Gasteiger partial charge in [0.25, 0.3) is 0 Å². The molecule has 1 unspecified atom stereocenters. The summed E-state index contributed by atoms with van der Waals surface area (Å²) >= 11 is 0. The number of hydrogen-bond acceptors (Lipinski definition) is 3. The van der Waals surface area contributed by atoms with Crippen LogP contribution in [0, 0.1) is 12.3 Å². The van der Waals surface area contributed by atoms with Gasteiger partial charge in [0.1, 0.15) is 11.6 Å². The summed E-state index contributed by atoms with van der Waals surface area (Å²) in [5, 5.41) is 3.58. The van der Waals surface area contributed by atoms with Gasteiger partial charge >= 0.3 is 0 Å². The maximum atomic E-state index is 4.62. The first-order chi connectivity index (χ1) is 8.35. The molecule has 1 N–H and O–H groups in total. The molecule has 0 aromatic carbocycles. The van der Waals surface area contributed by atoms with E-state index in [0.29, 0.717) is 17.4 Å². The standard InChI is InChI=1S/C15H25N3/c1-10(2)14-16-11(3)8-13(18-14)17-12-6-7-15(4,5)9-12/h8,10,12H,6-7,9H2,1-5H3,(H,16,17,18). The molecule has 1 heterocycles. The first-order valence-electron chi connectivity index (χ1n) is 6.98. The fourth-order valence-electron chi connectivity index (χ4n) is 2.69. The smallest absolute Gasteiger partial charge is 0.133 e. The molecule has 0 saturated heterocycles. The van der Waals surface area contributed by atoms with Gasteiger partial charge in [-0.2, -0.15) is 0 Å². The van der Waals surface area contributed by atoms with Crippen LogP contribution in [0.5, 0.6) is 0 Å². The van der Waals surface area contributed by atoms with E-state index < -0.39 is 0 Å². The van der Waals surface area contributed by atoms with Gasteiger partial charge in [-0.3, -0.25) is 0 Å². The molecule has 1 aromatic heterocycles. The summed E-state index contributed by atoms with van der Waals surface area (Å²) < 4.78 is 0. The van der Waals surface area contributed by atoms with E-state index in [4.69, 9.17) is 0 Å². The van der Waals surface area contributed by atoms with Crippen LogP contribution in [0.15, 0.2) is 6.07 Å². The van der Waals surface area contributed by atoms with Crippen LogP contribution in [0.3, 0.4) is 0 Å². The highest BCUT2D eigenvalue weighted by Gasteiger charge is 2.30. The molecule has 1 fully saturated rings. The summed E-state index contributed by atoms with van der Waals surface area (Å²) in [6, 6.07) is 2.62. The number of nitrogens with zero attached hydrogens (tertiary/aromatic N) is 2. The average molecular weight is 247 g/mol. The van der Waals surface area contributed by atoms with Crippen molar-refractivity contribution in [3.8, 4) is 0 Å². The van der Waals surface area contributed by atoms with E-state index in [-0.39, 0.29) is 0 Å². The van der Waals surface area contributed by atoms with Gasteiger partial charge in [-0.15, -0.1) is 0 Å². The molecule has 0 spiro atoms. The Morgan fingerprint density at radius 2 is 2.06 bits per heavy atom. The molecule has 3 heteroatoms. The summed E-state index contributed by atoms with van der Waals surface area (Å²) in [5.74, 6) is 2.31. The third-order valence-corrected chi connectivity index (χ3v) is 3.71. The molecule has 3 nitrogen and oxygen atoms in total. The molecular weight excluding hydrogens is 222 g/mol. The molecule has 18 heavy (non-hydrogen) atoms. The van der Waals surface area contributed by atoms with Gasteiger partial charge in [0.05, 0.1) is 0 Å². The largest absolute Gasteiger partial charge is 0.367 e. The molecule has 100 valence electrons. The topological polar surface area (TPSA) is 37.8 Å². The molecular formula is C15H25N3. The zero-order chi connectivity index (χ0) is 13.3. The Balaban J connectivity index is 2.10. The van der Waals surface area contributed by atoms with Crippen LogP contribution in [0.4, 0.5) is 5.82 Å². The minimum atomic E-state index is 0.380. The van der Waals surface area contributed by atoms with Crippen molar-refractivity contribution in [1.29, 1.82) is 0 Å². The lowest BCUT2D eigenvalue weighted by molar-refractivity contribution is 0.378. The quantitative estimate of drug-likeness (QED) is 0.880. The molecule has 0 amide bonds. The van der Waals surface area contributed by atoms with Gasteiger partial charge in [-0.25, -0.2) is 9.97 Å². The van der Waals surface area contributed by atoms with Crippen molar-refractivity contribution in [1.82, 2.24) is 9.97 Å². The zero-order valence-corrected chi connectivity index (χ0v) is 12.2. The van der Waals surface area contributed by atoms with Crippen LogP contribution in [-0.4, -0.2) is 16.0 Å². The first kappa shape index (κ1) is 13.3. The predicted molar refractivity (Wildman–Crippen MR) is 75.9 cm³/mol. The molecule has 1 aliphatic rings. The van der Waals surface area contributed by atoms with Crippen LogP contribution in [0.1, 0.15) is 64.4 Å². The monoisotopic (exact) mass is 247 g/mol. The Hall–Kier alpha value is -1.12. The Kier molecular flexibility index (Phi) is 3.60. The van der Waals surface area contributed by atoms with Crippen LogP contribution < -0.4 is 5.32 Å². The van der Waals surface area contributed by atoms with E-state index in [1.807, 2.05) is 6.92 Å². The van der Waals surface area contributed by atoms with Gasteiger partial charge < -0.3 is 5.32 Å². The van der Waals surface area contributed by atoms with Gasteiger partial charge in [0, 0.05) is 23.7 Å². The fourth-order valence-corrected chi connectivity index (χ4v) is 2.69. The van der Waals surface area contributed by atoms with E-state index in [1.165, 1.54) is 19.3 Å². The van der Waals surface area contributed by atoms with Crippen molar-refractivity contribution in [2.75, 3.05) is 5.32 Å². The number of anilines is 1. The Labute approximate surface area is 110 Å². The highest BCUT2D eigenvalue weighted by atomic mass is 15.1. The maximum Gasteiger partial charge on any atom is 0.133 e. The second-order valence-corrected chi connectivity index (χ2v) is 6.66. The molecule has 0 bridgehead atoms. The van der Waals surface area contributed by atoms with Gasteiger partial charge in [0.15, 0.2) is 0 Å². The summed E-state index contributed by atoms with van der Waals surface area (Å²) in [5.41, 5.74) is 1.52. The second-order valence-electron chi connectivity index (χ2n) is 6.66. The molecule has 2 rings (SSSR count). The number of aryl methyl sites for hydroxylation is 1. The molecule has 1 aliphatic carbocycles. The van der Waals surface area contributed by atoms with Crippen molar-refractivity contribution >= 4 is 5.82 Å². The lowest BCUT2D eigenvalue weighted by atomic mass is 9.92. The second kappa shape index (κ2) is 4.87. The fraction of sp³-hybridized carbons (Fsp3) is 0.733. The summed E-state index contributed by atoms with van der Waals surface area (Å²) in [6.07, 6.45) is 3.77. The van der Waals surface area contributed by atoms with Crippen LogP contribution in [0.25, 0.3) is 0 Å². The Morgan fingerprint density at radius 1 is 1.33 bits per heavy atom. The van der Waals surface area contributed by atoms with Crippen LogP contribution >= 0.6 is 0 Å². The molecule has 0 radical (unpaired) electrons. The number of aromatic nitrogens is 2. The third kappa shape index (κ3) is 3.21. The first-order valence-corrected chi connectivity index (χ1v) is 6.98. The highest BCUT2D eigenvalue weighted by Crippen LogP contribution is 2.38. The number of hydrogen-bond donors (Lipinski definition) is 1. The predicted octanol–water partition coefficient (Wildman–Crippen LogP) is 3.90. The van der Waals surface area contributed by atoms with E-state index in [9.17, 15) is 0 Å². The van der Waals surface area contributed by atoms with Gasteiger partial charge in [-0.1, -0.05) is 27.7 Å². The van der Waals surface area contributed by atoms with Gasteiger partial charge in [-0.05, 0) is 31.6 Å². The minimum absolute atomic E-state index is 0.380. The third-order valence-electron chi connectivity index (χ3n) is 3.71. The SMILES string of the molecule is Cc1cc(NC2CCC(C)(C)C2)nc(C(C)C)n1. The molecule has 1 atom stereocenters. The van der Waals surface area contributed by atoms with Crippen molar-refractivity contribution in [2.24, 2.45) is 5.41 Å². The Morgan fingerprint density at radius 3 is 2.61 bits per heavy atom. The normalized spacial score (nSPS) is 22.4. The van der Waals surface area contributed by atoms with Crippen molar-refractivity contribution in [3.63, 3.8) is 0 Å². The van der Waals surface area contributed by atoms with Crippen molar-refractivity contribution in [3.05, 3.63) is 17.6 Å². The minimum Gasteiger partial charge on any atom is -0.367 e. The zero-order valence-electron chi connectivity index (χ0n) is 12.2. The Bertz CT molecular complexity index is 424. The summed E-state index contributed by atoms with van der Waals surface area (Å²) in [4.78, 5) is 9.11. The molecule has 1 aromatic rings.